The second kappa shape index (κ2) is 10.1. The standard InChI is InChI=1S/C31H49NO3/c1-20(8-7-15-32-19-21-9-5-4-6-10-21)24-11-12-25-29-26(18-28(35)31(24,25)3)30(2)14-13-23(33)16-22(30)17-27(29)34/h4-6,9-10,20,22-29,32-35H,7-8,11-19H2,1-3H3/t20-,22+,23-,24-,25+,26+,27-,28+,29+,30+,31-/m1/s1. The van der Waals surface area contributed by atoms with Gasteiger partial charge in [0.15, 0.2) is 0 Å². The van der Waals surface area contributed by atoms with Gasteiger partial charge in [-0.15, -0.1) is 0 Å². The van der Waals surface area contributed by atoms with Crippen molar-refractivity contribution in [1.29, 1.82) is 0 Å². The van der Waals surface area contributed by atoms with Crippen LogP contribution in [0.3, 0.4) is 0 Å². The molecule has 4 aliphatic rings. The molecule has 0 amide bonds. The van der Waals surface area contributed by atoms with Crippen molar-refractivity contribution in [3.63, 3.8) is 0 Å². The molecule has 0 heterocycles. The van der Waals surface area contributed by atoms with Gasteiger partial charge in [-0.25, -0.2) is 0 Å². The Labute approximate surface area is 212 Å². The van der Waals surface area contributed by atoms with Gasteiger partial charge in [0.2, 0.25) is 0 Å². The summed E-state index contributed by atoms with van der Waals surface area (Å²) >= 11 is 0. The Morgan fingerprint density at radius 3 is 2.51 bits per heavy atom. The van der Waals surface area contributed by atoms with Crippen LogP contribution in [-0.2, 0) is 6.54 Å². The molecule has 35 heavy (non-hydrogen) atoms. The van der Waals surface area contributed by atoms with E-state index >= 15 is 0 Å². The first-order chi connectivity index (χ1) is 16.7. The SMILES string of the molecule is C[C@H](CCCNCc1ccccc1)[C@H]1CC[C@H]2[C@@H]3[C@H](O)C[C@@H]4C[C@H](O)CC[C@]4(C)[C@H]3C[C@H](O)[C@]12C. The van der Waals surface area contributed by atoms with E-state index < -0.39 is 0 Å². The molecule has 0 unspecified atom stereocenters. The monoisotopic (exact) mass is 483 g/mol. The molecule has 4 fully saturated rings. The number of aliphatic hydroxyl groups excluding tert-OH is 3. The number of aliphatic hydroxyl groups is 3. The van der Waals surface area contributed by atoms with Crippen molar-refractivity contribution in [2.45, 2.75) is 103 Å². The Kier molecular flexibility index (Phi) is 7.40. The third-order valence-corrected chi connectivity index (χ3v) is 11.7. The quantitative estimate of drug-likeness (QED) is 0.405. The van der Waals surface area contributed by atoms with Gasteiger partial charge in [-0.05, 0) is 116 Å². The zero-order chi connectivity index (χ0) is 24.8. The number of hydrogen-bond donors (Lipinski definition) is 4. The molecule has 4 nitrogen and oxygen atoms in total. The Hall–Kier alpha value is -0.940. The molecule has 0 spiro atoms. The van der Waals surface area contributed by atoms with Crippen LogP contribution < -0.4 is 5.32 Å². The second-order valence-corrected chi connectivity index (χ2v) is 13.3. The van der Waals surface area contributed by atoms with Gasteiger partial charge in [-0.1, -0.05) is 51.1 Å². The predicted octanol–water partition coefficient (Wildman–Crippen LogP) is 5.15. The maximum absolute atomic E-state index is 11.7. The fourth-order valence-electron chi connectivity index (χ4n) is 9.71. The van der Waals surface area contributed by atoms with Crippen LogP contribution in [0.2, 0.25) is 0 Å². The Morgan fingerprint density at radius 2 is 1.74 bits per heavy atom. The van der Waals surface area contributed by atoms with Crippen LogP contribution in [-0.4, -0.2) is 40.2 Å². The minimum Gasteiger partial charge on any atom is -0.393 e. The highest BCUT2D eigenvalue weighted by molar-refractivity contribution is 5.15. The van der Waals surface area contributed by atoms with E-state index in [0.717, 1.165) is 58.0 Å². The highest BCUT2D eigenvalue weighted by Crippen LogP contribution is 2.68. The van der Waals surface area contributed by atoms with Gasteiger partial charge in [-0.3, -0.25) is 0 Å². The molecule has 4 heteroatoms. The van der Waals surface area contributed by atoms with E-state index in [-0.39, 0.29) is 29.1 Å². The number of nitrogens with one attached hydrogen (secondary N) is 1. The second-order valence-electron chi connectivity index (χ2n) is 13.3. The van der Waals surface area contributed by atoms with E-state index in [4.69, 9.17) is 0 Å². The number of hydrogen-bond acceptors (Lipinski definition) is 4. The fourth-order valence-corrected chi connectivity index (χ4v) is 9.71. The molecule has 4 aliphatic carbocycles. The lowest BCUT2D eigenvalue weighted by molar-refractivity contribution is -0.207. The van der Waals surface area contributed by atoms with Crippen LogP contribution in [0.25, 0.3) is 0 Å². The lowest BCUT2D eigenvalue weighted by Crippen LogP contribution is -2.62. The highest BCUT2D eigenvalue weighted by Gasteiger charge is 2.65. The number of rotatable bonds is 7. The van der Waals surface area contributed by atoms with Gasteiger partial charge in [-0.2, -0.15) is 0 Å². The summed E-state index contributed by atoms with van der Waals surface area (Å²) in [5, 5.41) is 37.1. The molecular formula is C31H49NO3. The molecule has 4 N–H and O–H groups in total. The van der Waals surface area contributed by atoms with E-state index in [1.54, 1.807) is 0 Å². The minimum atomic E-state index is -0.283. The molecule has 1 aromatic rings. The molecule has 196 valence electrons. The summed E-state index contributed by atoms with van der Waals surface area (Å²) < 4.78 is 0. The molecule has 0 aromatic heterocycles. The van der Waals surface area contributed by atoms with Crippen molar-refractivity contribution in [3.05, 3.63) is 35.9 Å². The van der Waals surface area contributed by atoms with Crippen LogP contribution in [0.4, 0.5) is 0 Å². The topological polar surface area (TPSA) is 72.7 Å². The molecule has 11 atom stereocenters. The fraction of sp³-hybridized carbons (Fsp3) is 0.806. The van der Waals surface area contributed by atoms with Crippen molar-refractivity contribution in [3.8, 4) is 0 Å². The average Bonchev–Trinajstić information content (AvgIpc) is 3.20. The molecule has 1 aromatic carbocycles. The molecule has 0 aliphatic heterocycles. The Balaban J connectivity index is 1.23. The van der Waals surface area contributed by atoms with Crippen LogP contribution >= 0.6 is 0 Å². The summed E-state index contributed by atoms with van der Waals surface area (Å²) in [6, 6.07) is 10.6. The van der Waals surface area contributed by atoms with Crippen molar-refractivity contribution in [1.82, 2.24) is 5.32 Å². The first-order valence-corrected chi connectivity index (χ1v) is 14.5. The van der Waals surface area contributed by atoms with E-state index in [0.29, 0.717) is 35.5 Å². The average molecular weight is 484 g/mol. The number of fused-ring (bicyclic) bond motifs is 5. The number of benzene rings is 1. The summed E-state index contributed by atoms with van der Waals surface area (Å²) in [4.78, 5) is 0. The molecule has 4 saturated carbocycles. The molecule has 0 saturated heterocycles. The van der Waals surface area contributed by atoms with E-state index in [1.807, 2.05) is 0 Å². The third kappa shape index (κ3) is 4.51. The molecular weight excluding hydrogens is 434 g/mol. The van der Waals surface area contributed by atoms with Crippen LogP contribution in [0.15, 0.2) is 30.3 Å². The Morgan fingerprint density at radius 1 is 0.971 bits per heavy atom. The maximum Gasteiger partial charge on any atom is 0.0602 e. The molecule has 5 rings (SSSR count). The highest BCUT2D eigenvalue weighted by atomic mass is 16.3. The van der Waals surface area contributed by atoms with E-state index in [1.165, 1.54) is 18.4 Å². The van der Waals surface area contributed by atoms with Gasteiger partial charge in [0.1, 0.15) is 0 Å². The van der Waals surface area contributed by atoms with Crippen molar-refractivity contribution in [2.75, 3.05) is 6.54 Å². The summed E-state index contributed by atoms with van der Waals surface area (Å²) in [6.07, 6.45) is 8.33. The summed E-state index contributed by atoms with van der Waals surface area (Å²) in [5.74, 6) is 2.61. The van der Waals surface area contributed by atoms with Gasteiger partial charge in [0, 0.05) is 6.54 Å². The first kappa shape index (κ1) is 25.7. The van der Waals surface area contributed by atoms with Crippen molar-refractivity contribution >= 4 is 0 Å². The zero-order valence-electron chi connectivity index (χ0n) is 22.2. The Bertz CT molecular complexity index is 847. The van der Waals surface area contributed by atoms with Gasteiger partial charge >= 0.3 is 0 Å². The van der Waals surface area contributed by atoms with Crippen LogP contribution in [0.5, 0.6) is 0 Å². The molecule has 0 bridgehead atoms. The third-order valence-electron chi connectivity index (χ3n) is 11.7. The predicted molar refractivity (Wildman–Crippen MR) is 141 cm³/mol. The first-order valence-electron chi connectivity index (χ1n) is 14.5. The lowest BCUT2D eigenvalue weighted by Gasteiger charge is -2.63. The van der Waals surface area contributed by atoms with Crippen molar-refractivity contribution in [2.24, 2.45) is 46.3 Å². The van der Waals surface area contributed by atoms with Crippen LogP contribution in [0.1, 0.15) is 84.1 Å². The van der Waals surface area contributed by atoms with Gasteiger partial charge < -0.3 is 20.6 Å². The van der Waals surface area contributed by atoms with Crippen molar-refractivity contribution < 1.29 is 15.3 Å². The lowest BCUT2D eigenvalue weighted by atomic mass is 9.43. The van der Waals surface area contributed by atoms with Gasteiger partial charge in [0.25, 0.3) is 0 Å². The summed E-state index contributed by atoms with van der Waals surface area (Å²) in [5.41, 5.74) is 1.40. The van der Waals surface area contributed by atoms with Crippen LogP contribution in [0, 0.1) is 46.3 Å². The summed E-state index contributed by atoms with van der Waals surface area (Å²) in [6.45, 7) is 9.15. The smallest absolute Gasteiger partial charge is 0.0602 e. The largest absolute Gasteiger partial charge is 0.393 e. The van der Waals surface area contributed by atoms with E-state index in [2.05, 4.69) is 56.4 Å². The normalized spacial score (nSPS) is 45.9. The van der Waals surface area contributed by atoms with Gasteiger partial charge in [0.05, 0.1) is 18.3 Å². The zero-order valence-corrected chi connectivity index (χ0v) is 22.2. The minimum absolute atomic E-state index is 0.0869. The molecule has 0 radical (unpaired) electrons. The summed E-state index contributed by atoms with van der Waals surface area (Å²) in [7, 11) is 0. The maximum atomic E-state index is 11.7. The van der Waals surface area contributed by atoms with E-state index in [9.17, 15) is 15.3 Å².